The minimum absolute atomic E-state index is 0.161. The second-order valence-corrected chi connectivity index (χ2v) is 7.04. The summed E-state index contributed by atoms with van der Waals surface area (Å²) in [7, 11) is 0. The van der Waals surface area contributed by atoms with E-state index in [1.54, 1.807) is 16.8 Å². The first kappa shape index (κ1) is 17.9. The number of rotatable bonds is 2. The van der Waals surface area contributed by atoms with Gasteiger partial charge in [0.2, 0.25) is 11.6 Å². The molecule has 1 aliphatic rings. The summed E-state index contributed by atoms with van der Waals surface area (Å²) in [4.78, 5) is 0. The van der Waals surface area contributed by atoms with Crippen LogP contribution in [0, 0.1) is 0 Å². The summed E-state index contributed by atoms with van der Waals surface area (Å²) < 4.78 is 43.4. The Balaban J connectivity index is 1.67. The lowest BCUT2D eigenvalue weighted by atomic mass is 10.1. The average molecular weight is 421 g/mol. The molecule has 1 atom stereocenters. The van der Waals surface area contributed by atoms with Crippen LogP contribution in [0.2, 0.25) is 5.02 Å². The van der Waals surface area contributed by atoms with Crippen molar-refractivity contribution < 1.29 is 13.2 Å². The normalized spacial score (nSPS) is 16.0. The zero-order valence-corrected chi connectivity index (χ0v) is 15.6. The highest BCUT2D eigenvalue weighted by atomic mass is 35.5. The predicted octanol–water partition coefficient (Wildman–Crippen LogP) is 3.84. The predicted molar refractivity (Wildman–Crippen MR) is 96.8 cm³/mol. The van der Waals surface area contributed by atoms with Gasteiger partial charge in [0.25, 0.3) is 0 Å². The number of aromatic amines is 1. The van der Waals surface area contributed by atoms with Gasteiger partial charge in [-0.1, -0.05) is 17.7 Å². The summed E-state index contributed by atoms with van der Waals surface area (Å²) in [5.41, 5.74) is -0.0545. The number of H-pyrrole nitrogens is 1. The van der Waals surface area contributed by atoms with Crippen LogP contribution in [0.15, 0.2) is 30.5 Å². The molecule has 29 heavy (non-hydrogen) atoms. The van der Waals surface area contributed by atoms with Gasteiger partial charge < -0.3 is 4.57 Å². The van der Waals surface area contributed by atoms with Gasteiger partial charge in [0.15, 0.2) is 11.6 Å². The Morgan fingerprint density at radius 2 is 1.76 bits per heavy atom. The Hall–Kier alpha value is -3.21. The summed E-state index contributed by atoms with van der Waals surface area (Å²) in [6.07, 6.45) is -2.96. The number of nitrogens with one attached hydrogen (secondary N) is 1. The lowest BCUT2D eigenvalue weighted by molar-refractivity contribution is -0.137. The quantitative estimate of drug-likeness (QED) is 0.532. The number of halogens is 4. The lowest BCUT2D eigenvalue weighted by Gasteiger charge is -2.25. The molecule has 0 bridgehead atoms. The highest BCUT2D eigenvalue weighted by molar-refractivity contribution is 6.34. The molecule has 5 rings (SSSR count). The van der Waals surface area contributed by atoms with Crippen LogP contribution in [-0.2, 0) is 12.7 Å². The van der Waals surface area contributed by atoms with Gasteiger partial charge in [-0.05, 0) is 25.1 Å². The number of alkyl halides is 3. The summed E-state index contributed by atoms with van der Waals surface area (Å²) in [6.45, 7) is 2.39. The second kappa shape index (κ2) is 6.14. The van der Waals surface area contributed by atoms with E-state index in [1.807, 2.05) is 11.5 Å². The zero-order valence-electron chi connectivity index (χ0n) is 14.8. The van der Waals surface area contributed by atoms with Gasteiger partial charge in [0, 0.05) is 18.3 Å². The molecule has 0 saturated heterocycles. The smallest absolute Gasteiger partial charge is 0.301 e. The van der Waals surface area contributed by atoms with Gasteiger partial charge in [-0.3, -0.25) is 9.67 Å². The van der Waals surface area contributed by atoms with Gasteiger partial charge >= 0.3 is 6.18 Å². The van der Waals surface area contributed by atoms with Crippen molar-refractivity contribution in [2.75, 3.05) is 0 Å². The van der Waals surface area contributed by atoms with Crippen LogP contribution in [0.3, 0.4) is 0 Å². The Morgan fingerprint density at radius 3 is 2.48 bits per heavy atom. The molecule has 0 aliphatic carbocycles. The molecular weight excluding hydrogens is 409 g/mol. The highest BCUT2D eigenvalue weighted by Gasteiger charge is 2.36. The molecule has 0 spiro atoms. The molecule has 4 heterocycles. The molecule has 3 aromatic heterocycles. The SMILES string of the molecule is C[C@H]1Cn2c(-c3ccn[nH]3)nnc2-c2nnc(-c3cccc(C(F)(F)F)c3Cl)n21. The molecule has 0 saturated carbocycles. The van der Waals surface area contributed by atoms with E-state index in [2.05, 4.69) is 30.6 Å². The Kier molecular flexibility index (Phi) is 3.78. The van der Waals surface area contributed by atoms with Crippen LogP contribution in [0.5, 0.6) is 0 Å². The monoisotopic (exact) mass is 420 g/mol. The van der Waals surface area contributed by atoms with E-state index in [-0.39, 0.29) is 17.4 Å². The first-order chi connectivity index (χ1) is 13.9. The fourth-order valence-corrected chi connectivity index (χ4v) is 3.85. The molecule has 0 amide bonds. The molecule has 0 radical (unpaired) electrons. The zero-order chi connectivity index (χ0) is 20.3. The van der Waals surface area contributed by atoms with Crippen molar-refractivity contribution in [1.29, 1.82) is 0 Å². The molecule has 4 aromatic rings. The van der Waals surface area contributed by atoms with Crippen molar-refractivity contribution in [3.05, 3.63) is 41.0 Å². The van der Waals surface area contributed by atoms with Crippen LogP contribution < -0.4 is 0 Å². The third kappa shape index (κ3) is 2.64. The van der Waals surface area contributed by atoms with Crippen molar-refractivity contribution in [3.63, 3.8) is 0 Å². The van der Waals surface area contributed by atoms with Crippen LogP contribution >= 0.6 is 11.6 Å². The van der Waals surface area contributed by atoms with Gasteiger partial charge in [-0.2, -0.15) is 18.3 Å². The maximum atomic E-state index is 13.3. The molecule has 12 heteroatoms. The maximum Gasteiger partial charge on any atom is 0.417 e. The molecule has 0 fully saturated rings. The van der Waals surface area contributed by atoms with Crippen molar-refractivity contribution in [3.8, 4) is 34.6 Å². The minimum Gasteiger partial charge on any atom is -0.301 e. The van der Waals surface area contributed by atoms with E-state index in [4.69, 9.17) is 11.6 Å². The van der Waals surface area contributed by atoms with Crippen LogP contribution in [0.1, 0.15) is 18.5 Å². The maximum absolute atomic E-state index is 13.3. The van der Waals surface area contributed by atoms with E-state index in [9.17, 15) is 13.2 Å². The third-order valence-electron chi connectivity index (χ3n) is 4.82. The van der Waals surface area contributed by atoms with Gasteiger partial charge in [-0.15, -0.1) is 20.4 Å². The van der Waals surface area contributed by atoms with Crippen LogP contribution in [-0.4, -0.2) is 39.7 Å². The van der Waals surface area contributed by atoms with Crippen LogP contribution in [0.4, 0.5) is 13.2 Å². The number of aromatic nitrogens is 8. The third-order valence-corrected chi connectivity index (χ3v) is 5.23. The average Bonchev–Trinajstić information content (AvgIpc) is 3.39. The first-order valence-electron chi connectivity index (χ1n) is 8.60. The van der Waals surface area contributed by atoms with E-state index in [0.717, 1.165) is 6.07 Å². The molecular formula is C17H12ClF3N8. The van der Waals surface area contributed by atoms with Crippen LogP contribution in [0.25, 0.3) is 34.6 Å². The molecule has 148 valence electrons. The summed E-state index contributed by atoms with van der Waals surface area (Å²) >= 11 is 6.10. The van der Waals surface area contributed by atoms with Crippen molar-refractivity contribution in [2.45, 2.75) is 25.7 Å². The molecule has 1 aromatic carbocycles. The van der Waals surface area contributed by atoms with E-state index >= 15 is 0 Å². The molecule has 0 unspecified atom stereocenters. The summed E-state index contributed by atoms with van der Waals surface area (Å²) in [6, 6.07) is 5.34. The Bertz CT molecular complexity index is 1210. The largest absolute Gasteiger partial charge is 0.417 e. The van der Waals surface area contributed by atoms with E-state index in [0.29, 0.717) is 29.7 Å². The summed E-state index contributed by atoms with van der Waals surface area (Å²) in [5.74, 6) is 1.72. The van der Waals surface area contributed by atoms with Crippen molar-refractivity contribution in [2.24, 2.45) is 0 Å². The Morgan fingerprint density at radius 1 is 1.03 bits per heavy atom. The van der Waals surface area contributed by atoms with Gasteiger partial charge in [0.05, 0.1) is 16.6 Å². The topological polar surface area (TPSA) is 90.1 Å². The highest BCUT2D eigenvalue weighted by Crippen LogP contribution is 2.41. The Labute approximate surface area is 166 Å². The number of hydrogen-bond donors (Lipinski definition) is 1. The standard InChI is InChI=1S/C17H12ClF3N8/c1-8-7-28-14(11-5-6-22-23-11)25-26-15(28)16-27-24-13(29(8)16)9-3-2-4-10(12(9)18)17(19,20)21/h2-6,8H,7H2,1H3,(H,22,23)/t8-/m0/s1. The second-order valence-electron chi connectivity index (χ2n) is 6.66. The van der Waals surface area contributed by atoms with Gasteiger partial charge in [-0.25, -0.2) is 0 Å². The molecule has 8 nitrogen and oxygen atoms in total. The lowest BCUT2D eigenvalue weighted by Crippen LogP contribution is -2.22. The number of hydrogen-bond acceptors (Lipinski definition) is 5. The first-order valence-corrected chi connectivity index (χ1v) is 8.98. The van der Waals surface area contributed by atoms with E-state index < -0.39 is 16.8 Å². The molecule has 1 aliphatic heterocycles. The number of benzene rings is 1. The van der Waals surface area contributed by atoms with Gasteiger partial charge in [0.1, 0.15) is 5.69 Å². The number of nitrogens with zero attached hydrogens (tertiary/aromatic N) is 7. The fourth-order valence-electron chi connectivity index (χ4n) is 3.54. The van der Waals surface area contributed by atoms with Crippen molar-refractivity contribution in [1.82, 2.24) is 39.7 Å². The summed E-state index contributed by atoms with van der Waals surface area (Å²) in [5, 5.41) is 23.1. The van der Waals surface area contributed by atoms with E-state index in [1.165, 1.54) is 12.1 Å². The van der Waals surface area contributed by atoms with Crippen molar-refractivity contribution >= 4 is 11.6 Å². The molecule has 1 N–H and O–H groups in total. The number of fused-ring (bicyclic) bond motifs is 3. The fraction of sp³-hybridized carbons (Fsp3) is 0.235. The minimum atomic E-state index is -4.57.